The Balaban J connectivity index is 3.43. The first-order valence-corrected chi connectivity index (χ1v) is 3.32. The quantitative estimate of drug-likeness (QED) is 0.446. The molecule has 0 atom stereocenters. The van der Waals surface area contributed by atoms with E-state index < -0.39 is 22.4 Å². The van der Waals surface area contributed by atoms with Crippen LogP contribution in [0.15, 0.2) is 9.59 Å². The van der Waals surface area contributed by atoms with Gasteiger partial charge in [-0.3, -0.25) is 19.2 Å². The van der Waals surface area contributed by atoms with E-state index in [2.05, 4.69) is 0 Å². The zero-order valence-corrected chi connectivity index (χ0v) is 6.63. The van der Waals surface area contributed by atoms with Gasteiger partial charge in [0.1, 0.15) is 0 Å². The molecule has 1 rings (SSSR count). The number of carbonyl (C=O) groups excluding carboxylic acids is 2. The average molecular weight is 166 g/mol. The normalized spacial score (nSPS) is 10.2. The van der Waals surface area contributed by atoms with Crippen LogP contribution in [0.4, 0.5) is 0 Å². The number of hydrogen-bond acceptors (Lipinski definition) is 4. The first-order valence-electron chi connectivity index (χ1n) is 3.32. The summed E-state index contributed by atoms with van der Waals surface area (Å²) in [7, 11) is 0. The smallest absolute Gasteiger partial charge is 0.238 e. The number of carbonyl (C=O) groups is 2. The van der Waals surface area contributed by atoms with Gasteiger partial charge in [0.25, 0.3) is 0 Å². The summed E-state index contributed by atoms with van der Waals surface area (Å²) in [6.07, 6.45) is 0. The monoisotopic (exact) mass is 166 g/mol. The van der Waals surface area contributed by atoms with Crippen molar-refractivity contribution in [2.75, 3.05) is 0 Å². The Morgan fingerprint density at radius 1 is 0.833 bits per heavy atom. The van der Waals surface area contributed by atoms with Crippen LogP contribution in [0.1, 0.15) is 34.6 Å². The Bertz CT molecular complexity index is 390. The van der Waals surface area contributed by atoms with Crippen molar-refractivity contribution in [2.45, 2.75) is 13.8 Å². The van der Waals surface area contributed by atoms with Gasteiger partial charge in [0.05, 0.1) is 11.1 Å². The zero-order valence-electron chi connectivity index (χ0n) is 6.63. The molecule has 0 saturated carbocycles. The van der Waals surface area contributed by atoms with E-state index in [1.54, 1.807) is 0 Å². The third-order valence-corrected chi connectivity index (χ3v) is 1.61. The lowest BCUT2D eigenvalue weighted by molar-refractivity contribution is 0.0975. The molecule has 0 amide bonds. The molecule has 0 heterocycles. The molecule has 0 saturated heterocycles. The van der Waals surface area contributed by atoms with Crippen LogP contribution < -0.4 is 10.9 Å². The highest BCUT2D eigenvalue weighted by Gasteiger charge is 2.26. The fraction of sp³-hybridized carbons (Fsp3) is 0.250. The van der Waals surface area contributed by atoms with Crippen LogP contribution in [-0.4, -0.2) is 11.6 Å². The fourth-order valence-corrected chi connectivity index (χ4v) is 1.06. The summed E-state index contributed by atoms with van der Waals surface area (Å²) in [6.45, 7) is 2.31. The van der Waals surface area contributed by atoms with Crippen LogP contribution in [0.5, 0.6) is 0 Å². The van der Waals surface area contributed by atoms with E-state index in [4.69, 9.17) is 0 Å². The lowest BCUT2D eigenvalue weighted by Crippen LogP contribution is -2.43. The second kappa shape index (κ2) is 2.48. The van der Waals surface area contributed by atoms with E-state index in [0.29, 0.717) is 0 Å². The number of hydrogen-bond donors (Lipinski definition) is 0. The minimum Gasteiger partial charge on any atom is -0.294 e. The molecule has 0 radical (unpaired) electrons. The summed E-state index contributed by atoms with van der Waals surface area (Å²) < 4.78 is 0. The number of rotatable bonds is 2. The fourth-order valence-electron chi connectivity index (χ4n) is 1.06. The molecule has 0 aromatic heterocycles. The van der Waals surface area contributed by atoms with Gasteiger partial charge in [-0.1, -0.05) is 0 Å². The molecule has 0 unspecified atom stereocenters. The summed E-state index contributed by atoms with van der Waals surface area (Å²) in [5.41, 5.74) is -2.17. The summed E-state index contributed by atoms with van der Waals surface area (Å²) in [5.74, 6) is -1.05. The molecule has 4 heteroatoms. The van der Waals surface area contributed by atoms with E-state index in [-0.39, 0.29) is 11.1 Å². The molecule has 0 spiro atoms. The van der Waals surface area contributed by atoms with Gasteiger partial charge in [-0.2, -0.15) is 0 Å². The molecule has 0 fully saturated rings. The Labute approximate surface area is 67.5 Å². The van der Waals surface area contributed by atoms with E-state index >= 15 is 0 Å². The molecule has 12 heavy (non-hydrogen) atoms. The second-order valence-electron chi connectivity index (χ2n) is 2.52. The largest absolute Gasteiger partial charge is 0.294 e. The summed E-state index contributed by atoms with van der Waals surface area (Å²) in [4.78, 5) is 42.9. The number of Topliss-reactive ketones (excluding diaryl/α,β-unsaturated/α-hetero) is 2. The van der Waals surface area contributed by atoms with Crippen molar-refractivity contribution in [1.29, 1.82) is 0 Å². The standard InChI is InChI=1S/C8H6O4/c1-3(9)5-6(4(2)10)8(12)7(5)11/h1-2H3. The zero-order chi connectivity index (χ0) is 9.46. The van der Waals surface area contributed by atoms with Crippen molar-refractivity contribution < 1.29 is 9.59 Å². The number of ketones is 2. The first-order chi connectivity index (χ1) is 5.46. The third kappa shape index (κ3) is 0.922. The van der Waals surface area contributed by atoms with Crippen LogP contribution in [-0.2, 0) is 0 Å². The van der Waals surface area contributed by atoms with Gasteiger partial charge >= 0.3 is 0 Å². The third-order valence-electron chi connectivity index (χ3n) is 1.61. The molecule has 4 nitrogen and oxygen atoms in total. The van der Waals surface area contributed by atoms with Crippen molar-refractivity contribution >= 4 is 11.6 Å². The van der Waals surface area contributed by atoms with Crippen molar-refractivity contribution in [3.8, 4) is 0 Å². The molecular formula is C8H6O4. The van der Waals surface area contributed by atoms with Gasteiger partial charge < -0.3 is 0 Å². The molecule has 0 aliphatic rings. The van der Waals surface area contributed by atoms with Crippen molar-refractivity contribution in [1.82, 2.24) is 0 Å². The maximum absolute atomic E-state index is 10.7. The molecule has 1 aromatic carbocycles. The van der Waals surface area contributed by atoms with Crippen molar-refractivity contribution in [3.63, 3.8) is 0 Å². The minimum absolute atomic E-state index is 0.243. The molecule has 0 aliphatic carbocycles. The Hall–Kier alpha value is -1.58. The molecule has 0 aliphatic heterocycles. The van der Waals surface area contributed by atoms with Crippen molar-refractivity contribution in [3.05, 3.63) is 31.6 Å². The van der Waals surface area contributed by atoms with Gasteiger partial charge in [0.15, 0.2) is 11.6 Å². The summed E-state index contributed by atoms with van der Waals surface area (Å²) in [6, 6.07) is 0. The molecule has 0 N–H and O–H groups in total. The van der Waals surface area contributed by atoms with Gasteiger partial charge in [-0.15, -0.1) is 0 Å². The highest BCUT2D eigenvalue weighted by molar-refractivity contribution is 6.08. The summed E-state index contributed by atoms with van der Waals surface area (Å²) >= 11 is 0. The Kier molecular flexibility index (Phi) is 1.76. The van der Waals surface area contributed by atoms with Crippen LogP contribution in [0.3, 0.4) is 0 Å². The lowest BCUT2D eigenvalue weighted by atomic mass is 9.95. The minimum atomic E-state index is -0.840. The van der Waals surface area contributed by atoms with Gasteiger partial charge in [-0.05, 0) is 13.8 Å². The highest BCUT2D eigenvalue weighted by Crippen LogP contribution is 2.01. The van der Waals surface area contributed by atoms with Gasteiger partial charge in [0, 0.05) is 0 Å². The van der Waals surface area contributed by atoms with Crippen molar-refractivity contribution in [2.24, 2.45) is 0 Å². The van der Waals surface area contributed by atoms with Crippen LogP contribution in [0.2, 0.25) is 0 Å². The van der Waals surface area contributed by atoms with Crippen LogP contribution in [0.25, 0.3) is 0 Å². The molecule has 0 bridgehead atoms. The second-order valence-corrected chi connectivity index (χ2v) is 2.52. The Morgan fingerprint density at radius 2 is 1.08 bits per heavy atom. The lowest BCUT2D eigenvalue weighted by Gasteiger charge is -2.02. The topological polar surface area (TPSA) is 68.3 Å². The van der Waals surface area contributed by atoms with E-state index in [0.717, 1.165) is 13.8 Å². The SMILES string of the molecule is CC(=O)c1c(C(C)=O)c(=O)c1=O. The van der Waals surface area contributed by atoms with E-state index in [9.17, 15) is 19.2 Å². The van der Waals surface area contributed by atoms with Gasteiger partial charge in [0.2, 0.25) is 10.9 Å². The molecule has 1 aromatic rings. The van der Waals surface area contributed by atoms with Crippen LogP contribution >= 0.6 is 0 Å². The predicted molar refractivity (Wildman–Crippen MR) is 41.4 cm³/mol. The Morgan fingerprint density at radius 3 is 1.25 bits per heavy atom. The van der Waals surface area contributed by atoms with Crippen LogP contribution in [0, 0.1) is 0 Å². The van der Waals surface area contributed by atoms with Gasteiger partial charge in [-0.25, -0.2) is 0 Å². The maximum atomic E-state index is 10.7. The van der Waals surface area contributed by atoms with E-state index in [1.165, 1.54) is 0 Å². The first kappa shape index (κ1) is 8.52. The molecular weight excluding hydrogens is 160 g/mol. The average Bonchev–Trinajstić information content (AvgIpc) is 1.96. The highest BCUT2D eigenvalue weighted by atomic mass is 16.2. The van der Waals surface area contributed by atoms with E-state index in [1.807, 2.05) is 0 Å². The predicted octanol–water partition coefficient (Wildman–Crippen LogP) is -0.312. The molecule has 62 valence electrons. The summed E-state index contributed by atoms with van der Waals surface area (Å²) in [5, 5.41) is 0. The maximum Gasteiger partial charge on any atom is 0.238 e.